The second kappa shape index (κ2) is 8.00. The number of H-pyrrole nitrogens is 1. The second-order valence-corrected chi connectivity index (χ2v) is 10.1. The number of carbonyl (C=O) groups excluding carboxylic acids is 1. The maximum absolute atomic E-state index is 13.0. The molecule has 1 saturated heterocycles. The van der Waals surface area contributed by atoms with Crippen LogP contribution >= 0.6 is 0 Å². The molecule has 0 spiro atoms. The van der Waals surface area contributed by atoms with Crippen molar-refractivity contribution in [1.82, 2.24) is 29.0 Å². The molecule has 1 aliphatic heterocycles. The van der Waals surface area contributed by atoms with Crippen molar-refractivity contribution < 1.29 is 9.53 Å². The number of nitrogens with one attached hydrogen (secondary N) is 1. The number of rotatable bonds is 2. The summed E-state index contributed by atoms with van der Waals surface area (Å²) in [5.41, 5.74) is 6.01. The topological polar surface area (TPSA) is 97.5 Å². The number of fused-ring (bicyclic) bond motifs is 2. The van der Waals surface area contributed by atoms with Crippen LogP contribution in [0.15, 0.2) is 35.5 Å². The van der Waals surface area contributed by atoms with Gasteiger partial charge in [0.25, 0.3) is 0 Å². The van der Waals surface area contributed by atoms with Crippen LogP contribution in [0.3, 0.4) is 0 Å². The number of likely N-dealkylation sites (tertiary alicyclic amines) is 1. The van der Waals surface area contributed by atoms with E-state index in [9.17, 15) is 9.59 Å². The molecule has 1 aromatic carbocycles. The summed E-state index contributed by atoms with van der Waals surface area (Å²) < 4.78 is 9.15. The van der Waals surface area contributed by atoms with Gasteiger partial charge in [-0.15, -0.1) is 0 Å². The minimum atomic E-state index is -0.520. The lowest BCUT2D eigenvalue weighted by Crippen LogP contribution is -2.43. The molecule has 5 rings (SSSR count). The number of ether oxygens (including phenoxy) is 1. The lowest BCUT2D eigenvalue weighted by Gasteiger charge is -2.34. The molecule has 3 aromatic heterocycles. The van der Waals surface area contributed by atoms with E-state index in [4.69, 9.17) is 4.74 Å². The van der Waals surface area contributed by atoms with Crippen molar-refractivity contribution in [2.45, 2.75) is 59.1 Å². The van der Waals surface area contributed by atoms with Gasteiger partial charge < -0.3 is 14.6 Å². The molecule has 4 heterocycles. The van der Waals surface area contributed by atoms with Crippen LogP contribution in [-0.2, 0) is 4.74 Å². The van der Waals surface area contributed by atoms with Gasteiger partial charge in [-0.25, -0.2) is 19.1 Å². The van der Waals surface area contributed by atoms with Crippen molar-refractivity contribution in [3.63, 3.8) is 0 Å². The quantitative estimate of drug-likeness (QED) is 0.481. The van der Waals surface area contributed by atoms with Crippen molar-refractivity contribution in [2.24, 2.45) is 0 Å². The number of aromatic nitrogens is 5. The number of aromatic amines is 1. The third-order valence-corrected chi connectivity index (χ3v) is 6.38. The highest BCUT2D eigenvalue weighted by molar-refractivity contribution is 5.85. The van der Waals surface area contributed by atoms with Crippen LogP contribution in [0.5, 0.6) is 0 Å². The van der Waals surface area contributed by atoms with Crippen molar-refractivity contribution in [1.29, 1.82) is 0 Å². The average Bonchev–Trinajstić information content (AvgIpc) is 3.37. The highest BCUT2D eigenvalue weighted by Crippen LogP contribution is 2.31. The fourth-order valence-corrected chi connectivity index (χ4v) is 4.87. The van der Waals surface area contributed by atoms with Gasteiger partial charge in [0.05, 0.1) is 11.0 Å². The van der Waals surface area contributed by atoms with E-state index in [1.54, 1.807) is 15.7 Å². The van der Waals surface area contributed by atoms with Crippen LogP contribution < -0.4 is 5.69 Å². The van der Waals surface area contributed by atoms with Gasteiger partial charge in [0.15, 0.2) is 5.65 Å². The van der Waals surface area contributed by atoms with Crippen LogP contribution in [0.4, 0.5) is 4.79 Å². The first-order valence-corrected chi connectivity index (χ1v) is 11.6. The number of benzene rings is 1. The molecule has 9 nitrogen and oxygen atoms in total. The van der Waals surface area contributed by atoms with E-state index in [-0.39, 0.29) is 17.8 Å². The summed E-state index contributed by atoms with van der Waals surface area (Å²) in [4.78, 5) is 34.5. The molecule has 0 unspecified atom stereocenters. The van der Waals surface area contributed by atoms with Crippen molar-refractivity contribution in [2.75, 3.05) is 13.1 Å². The third-order valence-electron chi connectivity index (χ3n) is 6.38. The standard InChI is InChI=1S/C25H30N6O3/c1-15-10-17(18-11-16(2)22-26-14-27-30(22)13-18)12-20-21(15)31(23(32)28-20)19-6-8-29(9-7-19)24(33)34-25(3,4)5/h10-14,19H,6-9H2,1-5H3,(H,28,32). The van der Waals surface area contributed by atoms with Crippen LogP contribution in [-0.4, -0.2) is 53.8 Å². The van der Waals surface area contributed by atoms with Gasteiger partial charge in [0.1, 0.15) is 11.9 Å². The zero-order valence-electron chi connectivity index (χ0n) is 20.3. The fraction of sp³-hybridized carbons (Fsp3) is 0.440. The second-order valence-electron chi connectivity index (χ2n) is 10.1. The minimum Gasteiger partial charge on any atom is -0.444 e. The van der Waals surface area contributed by atoms with E-state index in [0.717, 1.165) is 38.9 Å². The Hall–Kier alpha value is -3.62. The lowest BCUT2D eigenvalue weighted by atomic mass is 10.0. The van der Waals surface area contributed by atoms with Crippen molar-refractivity contribution in [3.05, 3.63) is 52.3 Å². The van der Waals surface area contributed by atoms with Gasteiger partial charge in [-0.05, 0) is 82.3 Å². The predicted molar refractivity (Wildman–Crippen MR) is 130 cm³/mol. The summed E-state index contributed by atoms with van der Waals surface area (Å²) >= 11 is 0. The number of amides is 1. The van der Waals surface area contributed by atoms with Crippen LogP contribution in [0.2, 0.25) is 0 Å². The van der Waals surface area contributed by atoms with Gasteiger partial charge in [-0.3, -0.25) is 4.57 Å². The molecular weight excluding hydrogens is 432 g/mol. The number of imidazole rings is 1. The number of hydrogen-bond donors (Lipinski definition) is 1. The number of carbonyl (C=O) groups is 1. The van der Waals surface area contributed by atoms with Crippen molar-refractivity contribution >= 4 is 22.8 Å². The molecule has 0 radical (unpaired) electrons. The lowest BCUT2D eigenvalue weighted by molar-refractivity contribution is 0.0189. The monoisotopic (exact) mass is 462 g/mol. The maximum Gasteiger partial charge on any atom is 0.410 e. The Kier molecular flexibility index (Phi) is 5.22. The Labute approximate surface area is 197 Å². The highest BCUT2D eigenvalue weighted by Gasteiger charge is 2.29. The molecule has 1 amide bonds. The van der Waals surface area contributed by atoms with Gasteiger partial charge in [0, 0.05) is 30.9 Å². The summed E-state index contributed by atoms with van der Waals surface area (Å²) in [6.07, 6.45) is 4.62. The van der Waals surface area contributed by atoms with E-state index in [1.165, 1.54) is 0 Å². The average molecular weight is 463 g/mol. The first-order chi connectivity index (χ1) is 16.1. The molecule has 0 atom stereocenters. The minimum absolute atomic E-state index is 0.0261. The largest absolute Gasteiger partial charge is 0.444 e. The number of hydrogen-bond acceptors (Lipinski definition) is 5. The molecule has 1 aliphatic rings. The summed E-state index contributed by atoms with van der Waals surface area (Å²) in [6.45, 7) is 10.8. The molecule has 0 aliphatic carbocycles. The molecule has 178 valence electrons. The van der Waals surface area contributed by atoms with Gasteiger partial charge >= 0.3 is 11.8 Å². The van der Waals surface area contributed by atoms with E-state index in [0.29, 0.717) is 25.9 Å². The van der Waals surface area contributed by atoms with Crippen LogP contribution in [0, 0.1) is 13.8 Å². The summed E-state index contributed by atoms with van der Waals surface area (Å²) in [7, 11) is 0. The van der Waals surface area contributed by atoms with Crippen molar-refractivity contribution in [3.8, 4) is 11.1 Å². The Morgan fingerprint density at radius 1 is 1.09 bits per heavy atom. The molecule has 4 aromatic rings. The molecule has 0 saturated carbocycles. The fourth-order valence-electron chi connectivity index (χ4n) is 4.87. The normalized spacial score (nSPS) is 15.4. The third kappa shape index (κ3) is 3.95. The summed E-state index contributed by atoms with van der Waals surface area (Å²) in [5.74, 6) is 0. The van der Waals surface area contributed by atoms with E-state index >= 15 is 0 Å². The molecule has 0 bridgehead atoms. The predicted octanol–water partition coefficient (Wildman–Crippen LogP) is 4.23. The summed E-state index contributed by atoms with van der Waals surface area (Å²) in [6, 6.07) is 6.25. The number of piperidine rings is 1. The summed E-state index contributed by atoms with van der Waals surface area (Å²) in [5, 5.41) is 4.27. The molecule has 34 heavy (non-hydrogen) atoms. The van der Waals surface area contributed by atoms with Gasteiger partial charge in [-0.1, -0.05) is 0 Å². The first kappa shape index (κ1) is 22.2. The Morgan fingerprint density at radius 2 is 1.79 bits per heavy atom. The zero-order chi connectivity index (χ0) is 24.2. The SMILES string of the molecule is Cc1cc(-c2cc(C)c3ncnn3c2)cc2[nH]c(=O)n(C3CCN(C(=O)OC(C)(C)C)CC3)c12. The van der Waals surface area contributed by atoms with E-state index in [2.05, 4.69) is 27.2 Å². The highest BCUT2D eigenvalue weighted by atomic mass is 16.6. The number of nitrogens with zero attached hydrogens (tertiary/aromatic N) is 5. The van der Waals surface area contributed by atoms with Gasteiger partial charge in [-0.2, -0.15) is 5.10 Å². The molecule has 1 fully saturated rings. The Bertz CT molecular complexity index is 1450. The first-order valence-electron chi connectivity index (χ1n) is 11.6. The zero-order valence-corrected chi connectivity index (χ0v) is 20.3. The molecule has 9 heteroatoms. The van der Waals surface area contributed by atoms with E-state index in [1.807, 2.05) is 51.4 Å². The van der Waals surface area contributed by atoms with Crippen LogP contribution in [0.1, 0.15) is 50.8 Å². The van der Waals surface area contributed by atoms with E-state index < -0.39 is 5.60 Å². The Balaban J connectivity index is 1.44. The molecule has 1 N–H and O–H groups in total. The van der Waals surface area contributed by atoms with Crippen LogP contribution in [0.25, 0.3) is 27.8 Å². The number of pyridine rings is 1. The number of aryl methyl sites for hydroxylation is 2. The maximum atomic E-state index is 13.0. The van der Waals surface area contributed by atoms with Gasteiger partial charge in [0.2, 0.25) is 0 Å². The molecular formula is C25H30N6O3. The Morgan fingerprint density at radius 3 is 2.50 bits per heavy atom. The smallest absolute Gasteiger partial charge is 0.410 e.